The summed E-state index contributed by atoms with van der Waals surface area (Å²) in [6.07, 6.45) is 0. The van der Waals surface area contributed by atoms with Crippen LogP contribution in [-0.2, 0) is 0 Å². The molecule has 18 heavy (non-hydrogen) atoms. The third-order valence-corrected chi connectivity index (χ3v) is 2.76. The minimum Gasteiger partial charge on any atom is -0.478 e. The number of Topliss-reactive ketones (excluding diaryl/α,β-unsaturated/α-hetero) is 1. The van der Waals surface area contributed by atoms with Crippen molar-refractivity contribution in [2.24, 2.45) is 0 Å². The Kier molecular flexibility index (Phi) is 3.24. The third-order valence-electron chi connectivity index (χ3n) is 2.76. The van der Waals surface area contributed by atoms with E-state index in [0.717, 1.165) is 11.1 Å². The average Bonchev–Trinajstić information content (AvgIpc) is 2.39. The standard InChI is InChI=1S/C15H12O3/c1-10(16)11-2-4-12(5-3-11)13-6-8-14(9-7-13)15(17)18/h2-9H,1H3,(H,17,18). The molecule has 0 bridgehead atoms. The summed E-state index contributed by atoms with van der Waals surface area (Å²) in [6.45, 7) is 1.52. The molecule has 0 saturated carbocycles. The predicted molar refractivity (Wildman–Crippen MR) is 68.8 cm³/mol. The van der Waals surface area contributed by atoms with Gasteiger partial charge in [0, 0.05) is 5.56 Å². The number of carboxylic acids is 1. The molecule has 0 radical (unpaired) electrons. The van der Waals surface area contributed by atoms with Crippen LogP contribution in [0.1, 0.15) is 27.6 Å². The number of aromatic carboxylic acids is 1. The highest BCUT2D eigenvalue weighted by molar-refractivity contribution is 5.94. The van der Waals surface area contributed by atoms with Gasteiger partial charge in [0.2, 0.25) is 0 Å². The van der Waals surface area contributed by atoms with E-state index in [9.17, 15) is 9.59 Å². The lowest BCUT2D eigenvalue weighted by Gasteiger charge is -2.03. The Labute approximate surface area is 105 Å². The van der Waals surface area contributed by atoms with E-state index in [-0.39, 0.29) is 11.3 Å². The van der Waals surface area contributed by atoms with Gasteiger partial charge < -0.3 is 5.11 Å². The van der Waals surface area contributed by atoms with E-state index in [1.807, 2.05) is 12.1 Å². The molecule has 2 aromatic carbocycles. The number of rotatable bonds is 3. The fraction of sp³-hybridized carbons (Fsp3) is 0.0667. The minimum absolute atomic E-state index is 0.0303. The summed E-state index contributed by atoms with van der Waals surface area (Å²) < 4.78 is 0. The zero-order valence-corrected chi connectivity index (χ0v) is 9.88. The molecule has 90 valence electrons. The van der Waals surface area contributed by atoms with E-state index < -0.39 is 5.97 Å². The van der Waals surface area contributed by atoms with Gasteiger partial charge in [-0.2, -0.15) is 0 Å². The number of ketones is 1. The predicted octanol–water partition coefficient (Wildman–Crippen LogP) is 3.25. The largest absolute Gasteiger partial charge is 0.478 e. The van der Waals surface area contributed by atoms with E-state index in [2.05, 4.69) is 0 Å². The van der Waals surface area contributed by atoms with E-state index in [1.54, 1.807) is 36.4 Å². The fourth-order valence-electron chi connectivity index (χ4n) is 1.70. The number of carbonyl (C=O) groups is 2. The molecule has 3 nitrogen and oxygen atoms in total. The van der Waals surface area contributed by atoms with Crippen molar-refractivity contribution < 1.29 is 14.7 Å². The van der Waals surface area contributed by atoms with Crippen molar-refractivity contribution in [1.29, 1.82) is 0 Å². The lowest BCUT2D eigenvalue weighted by Crippen LogP contribution is -1.95. The highest BCUT2D eigenvalue weighted by Crippen LogP contribution is 2.20. The molecule has 0 fully saturated rings. The van der Waals surface area contributed by atoms with E-state index in [1.165, 1.54) is 6.92 Å². The molecule has 0 aliphatic heterocycles. The minimum atomic E-state index is -0.937. The van der Waals surface area contributed by atoms with Crippen LogP contribution in [0.3, 0.4) is 0 Å². The van der Waals surface area contributed by atoms with Gasteiger partial charge in [-0.25, -0.2) is 4.79 Å². The van der Waals surface area contributed by atoms with Crippen LogP contribution in [0, 0.1) is 0 Å². The summed E-state index contributed by atoms with van der Waals surface area (Å²) >= 11 is 0. The van der Waals surface area contributed by atoms with Crippen LogP contribution in [0.15, 0.2) is 48.5 Å². The summed E-state index contributed by atoms with van der Waals surface area (Å²) in [5.74, 6) is -0.906. The molecule has 0 heterocycles. The molecule has 2 aromatic rings. The van der Waals surface area contributed by atoms with Crippen molar-refractivity contribution in [3.63, 3.8) is 0 Å². The van der Waals surface area contributed by atoms with Crippen molar-refractivity contribution in [3.05, 3.63) is 59.7 Å². The number of carboxylic acid groups (broad SMARTS) is 1. The first-order valence-electron chi connectivity index (χ1n) is 5.52. The van der Waals surface area contributed by atoms with Crippen LogP contribution in [0.2, 0.25) is 0 Å². The molecule has 2 rings (SSSR count). The zero-order chi connectivity index (χ0) is 13.1. The van der Waals surface area contributed by atoms with Crippen LogP contribution in [0.4, 0.5) is 0 Å². The number of hydrogen-bond acceptors (Lipinski definition) is 2. The fourth-order valence-corrected chi connectivity index (χ4v) is 1.70. The highest BCUT2D eigenvalue weighted by atomic mass is 16.4. The number of carbonyl (C=O) groups excluding carboxylic acids is 1. The van der Waals surface area contributed by atoms with Gasteiger partial charge in [0.25, 0.3) is 0 Å². The van der Waals surface area contributed by atoms with Crippen molar-refractivity contribution in [1.82, 2.24) is 0 Å². The van der Waals surface area contributed by atoms with Crippen molar-refractivity contribution in [3.8, 4) is 11.1 Å². The van der Waals surface area contributed by atoms with Crippen LogP contribution >= 0.6 is 0 Å². The van der Waals surface area contributed by atoms with Crippen molar-refractivity contribution >= 4 is 11.8 Å². The highest BCUT2D eigenvalue weighted by Gasteiger charge is 2.04. The van der Waals surface area contributed by atoms with Gasteiger partial charge in [0.15, 0.2) is 5.78 Å². The molecule has 0 saturated heterocycles. The number of hydrogen-bond donors (Lipinski definition) is 1. The molecule has 0 atom stereocenters. The normalized spacial score (nSPS) is 10.1. The molecule has 1 N–H and O–H groups in total. The molecular weight excluding hydrogens is 228 g/mol. The van der Waals surface area contributed by atoms with E-state index in [4.69, 9.17) is 5.11 Å². The molecular formula is C15H12O3. The quantitative estimate of drug-likeness (QED) is 0.838. The summed E-state index contributed by atoms with van der Waals surface area (Å²) in [5, 5.41) is 8.81. The number of benzene rings is 2. The topological polar surface area (TPSA) is 54.4 Å². The summed E-state index contributed by atoms with van der Waals surface area (Å²) in [7, 11) is 0. The Hall–Kier alpha value is -2.42. The molecule has 0 unspecified atom stereocenters. The Bertz CT molecular complexity index is 525. The molecule has 0 aliphatic carbocycles. The molecule has 0 amide bonds. The van der Waals surface area contributed by atoms with Crippen LogP contribution in [-0.4, -0.2) is 16.9 Å². The maximum Gasteiger partial charge on any atom is 0.335 e. The van der Waals surface area contributed by atoms with Gasteiger partial charge in [0.05, 0.1) is 5.56 Å². The third kappa shape index (κ3) is 2.46. The molecule has 3 heteroatoms. The SMILES string of the molecule is CC(=O)c1ccc(-c2ccc(C(=O)O)cc2)cc1. The lowest BCUT2D eigenvalue weighted by atomic mass is 10.0. The first-order chi connectivity index (χ1) is 8.58. The second-order valence-electron chi connectivity index (χ2n) is 4.02. The second-order valence-corrected chi connectivity index (χ2v) is 4.02. The first kappa shape index (κ1) is 12.0. The Balaban J connectivity index is 2.31. The molecule has 0 aromatic heterocycles. The van der Waals surface area contributed by atoms with E-state index >= 15 is 0 Å². The summed E-state index contributed by atoms with van der Waals surface area (Å²) in [6, 6.07) is 13.9. The van der Waals surface area contributed by atoms with Gasteiger partial charge in [-0.05, 0) is 30.2 Å². The molecule has 0 spiro atoms. The van der Waals surface area contributed by atoms with Gasteiger partial charge >= 0.3 is 5.97 Å². The van der Waals surface area contributed by atoms with Gasteiger partial charge in [-0.15, -0.1) is 0 Å². The van der Waals surface area contributed by atoms with Gasteiger partial charge in [-0.1, -0.05) is 36.4 Å². The Morgan fingerprint density at radius 1 is 0.778 bits per heavy atom. The Morgan fingerprint density at radius 3 is 1.50 bits per heavy atom. The van der Waals surface area contributed by atoms with Crippen molar-refractivity contribution in [2.45, 2.75) is 6.92 Å². The zero-order valence-electron chi connectivity index (χ0n) is 9.88. The summed E-state index contributed by atoms with van der Waals surface area (Å²) in [4.78, 5) is 21.9. The van der Waals surface area contributed by atoms with Crippen LogP contribution < -0.4 is 0 Å². The lowest BCUT2D eigenvalue weighted by molar-refractivity contribution is 0.0696. The maximum atomic E-state index is 11.1. The van der Waals surface area contributed by atoms with Gasteiger partial charge in [0.1, 0.15) is 0 Å². The summed E-state index contributed by atoms with van der Waals surface area (Å²) in [5.41, 5.74) is 2.81. The smallest absolute Gasteiger partial charge is 0.335 e. The molecule has 0 aliphatic rings. The maximum absolute atomic E-state index is 11.1. The van der Waals surface area contributed by atoms with Gasteiger partial charge in [-0.3, -0.25) is 4.79 Å². The first-order valence-corrected chi connectivity index (χ1v) is 5.52. The van der Waals surface area contributed by atoms with Crippen molar-refractivity contribution in [2.75, 3.05) is 0 Å². The Morgan fingerprint density at radius 2 is 1.17 bits per heavy atom. The average molecular weight is 240 g/mol. The van der Waals surface area contributed by atoms with Crippen LogP contribution in [0.5, 0.6) is 0 Å². The van der Waals surface area contributed by atoms with E-state index in [0.29, 0.717) is 5.56 Å². The monoisotopic (exact) mass is 240 g/mol. The second kappa shape index (κ2) is 4.84. The van der Waals surface area contributed by atoms with Crippen LogP contribution in [0.25, 0.3) is 11.1 Å².